The van der Waals surface area contributed by atoms with E-state index in [2.05, 4.69) is 20.2 Å². The number of benzene rings is 2. The Morgan fingerprint density at radius 2 is 1.71 bits per heavy atom. The van der Waals surface area contributed by atoms with E-state index in [-0.39, 0.29) is 21.7 Å². The number of phenols is 1. The van der Waals surface area contributed by atoms with Crippen LogP contribution in [0.3, 0.4) is 0 Å². The number of rotatable bonds is 3. The van der Waals surface area contributed by atoms with Crippen molar-refractivity contribution in [3.8, 4) is 5.75 Å². The first kappa shape index (κ1) is 18.9. The van der Waals surface area contributed by atoms with E-state index in [1.807, 2.05) is 32.0 Å². The smallest absolute Gasteiger partial charge is 0.204 e. The third kappa shape index (κ3) is 3.28. The van der Waals surface area contributed by atoms with E-state index in [9.17, 15) is 5.11 Å². The number of hydrogen-bond donors (Lipinski definition) is 1. The van der Waals surface area contributed by atoms with Gasteiger partial charge in [0.15, 0.2) is 11.6 Å². The van der Waals surface area contributed by atoms with Crippen LogP contribution in [0.1, 0.15) is 37.0 Å². The molecule has 0 saturated heterocycles. The molecule has 0 spiro atoms. The highest BCUT2D eigenvalue weighted by molar-refractivity contribution is 6.56. The predicted octanol–water partition coefficient (Wildman–Crippen LogP) is 5.45. The van der Waals surface area contributed by atoms with Crippen molar-refractivity contribution in [3.63, 3.8) is 0 Å². The number of halogens is 3. The van der Waals surface area contributed by atoms with Gasteiger partial charge in [-0.3, -0.25) is 0 Å². The molecule has 1 aliphatic heterocycles. The lowest BCUT2D eigenvalue weighted by Crippen LogP contribution is -2.14. The highest BCUT2D eigenvalue weighted by atomic mass is 35.5. The van der Waals surface area contributed by atoms with E-state index >= 15 is 0 Å². The lowest BCUT2D eigenvalue weighted by atomic mass is 10.1. The van der Waals surface area contributed by atoms with Gasteiger partial charge in [0.05, 0.1) is 20.8 Å². The Balaban J connectivity index is 1.91. The van der Waals surface area contributed by atoms with Crippen LogP contribution < -0.4 is 0 Å². The van der Waals surface area contributed by atoms with Gasteiger partial charge in [-0.25, -0.2) is 9.98 Å². The Morgan fingerprint density at radius 1 is 1.04 bits per heavy atom. The monoisotopic (exact) mass is 433 g/mol. The third-order valence-corrected chi connectivity index (χ3v) is 5.03. The summed E-state index contributed by atoms with van der Waals surface area (Å²) < 4.78 is 0. The lowest BCUT2D eigenvalue weighted by molar-refractivity contribution is 0.476. The Labute approximate surface area is 176 Å². The van der Waals surface area contributed by atoms with Crippen molar-refractivity contribution in [2.24, 2.45) is 10.1 Å². The summed E-state index contributed by atoms with van der Waals surface area (Å²) >= 11 is 18.5. The molecule has 6 nitrogen and oxygen atoms in total. The molecule has 0 bridgehead atoms. The second-order valence-corrected chi connectivity index (χ2v) is 7.71. The minimum Gasteiger partial charge on any atom is -0.505 e. The van der Waals surface area contributed by atoms with Crippen molar-refractivity contribution >= 4 is 51.9 Å². The molecule has 1 N–H and O–H groups in total. The summed E-state index contributed by atoms with van der Waals surface area (Å²) in [5, 5.41) is 19.5. The van der Waals surface area contributed by atoms with E-state index in [4.69, 9.17) is 34.8 Å². The van der Waals surface area contributed by atoms with Crippen LogP contribution in [-0.2, 0) is 0 Å². The van der Waals surface area contributed by atoms with Gasteiger partial charge in [-0.1, -0.05) is 66.8 Å². The van der Waals surface area contributed by atoms with E-state index in [1.54, 1.807) is 6.07 Å². The number of phenolic OH excluding ortho intramolecular Hbond substituents is 1. The van der Waals surface area contributed by atoms with Gasteiger partial charge in [0.2, 0.25) is 5.82 Å². The minimum absolute atomic E-state index is 0.102. The standard InChI is InChI=1S/C19H14Cl3N5O/c1-9(2)18-24-19-16(23-10-7-13(21)17(28)14(22)8-10)15(25-27(19)26-18)11-5-3-4-6-12(11)20/h3-9,28H,1-2H3. The van der Waals surface area contributed by atoms with Crippen LogP contribution in [0.5, 0.6) is 5.75 Å². The van der Waals surface area contributed by atoms with Crippen LogP contribution in [-0.4, -0.2) is 31.4 Å². The van der Waals surface area contributed by atoms with Crippen molar-refractivity contribution < 1.29 is 5.11 Å². The van der Waals surface area contributed by atoms with E-state index in [1.165, 1.54) is 16.9 Å². The van der Waals surface area contributed by atoms with Crippen LogP contribution in [0.2, 0.25) is 15.1 Å². The molecule has 0 amide bonds. The number of aromatic hydroxyl groups is 1. The van der Waals surface area contributed by atoms with E-state index < -0.39 is 0 Å². The van der Waals surface area contributed by atoms with Crippen LogP contribution in [0, 0.1) is 0 Å². The number of hydrogen-bond acceptors (Lipinski definition) is 5. The minimum atomic E-state index is -0.191. The summed E-state index contributed by atoms with van der Waals surface area (Å²) in [6.45, 7) is 4.00. The molecular weight excluding hydrogens is 421 g/mol. The second-order valence-electron chi connectivity index (χ2n) is 6.48. The Hall–Kier alpha value is -2.41. The van der Waals surface area contributed by atoms with Gasteiger partial charge in [0.1, 0.15) is 11.4 Å². The van der Waals surface area contributed by atoms with Crippen molar-refractivity contribution in [3.05, 3.63) is 68.7 Å². The summed E-state index contributed by atoms with van der Waals surface area (Å²) in [5.74, 6) is 1.10. The van der Waals surface area contributed by atoms with Gasteiger partial charge in [-0.2, -0.15) is 0 Å². The summed E-state index contributed by atoms with van der Waals surface area (Å²) in [5.41, 5.74) is 2.18. The van der Waals surface area contributed by atoms with Gasteiger partial charge < -0.3 is 5.11 Å². The average molecular weight is 435 g/mol. The number of aromatic nitrogens is 3. The normalized spacial score (nSPS) is 14.6. The first-order valence-corrected chi connectivity index (χ1v) is 9.57. The SMILES string of the molecule is CC(C)c1nc2n(n1)N=C(c1ccccc1Cl)C2=Nc1cc(Cl)c(O)c(Cl)c1. The molecular formula is C19H14Cl3N5O. The van der Waals surface area contributed by atoms with E-state index in [0.29, 0.717) is 39.3 Å². The number of nitrogens with zero attached hydrogens (tertiary/aromatic N) is 5. The number of aliphatic imine (C=N–C) groups is 1. The summed E-state index contributed by atoms with van der Waals surface area (Å²) in [7, 11) is 0. The maximum atomic E-state index is 9.80. The highest BCUT2D eigenvalue weighted by Gasteiger charge is 2.30. The van der Waals surface area contributed by atoms with Gasteiger partial charge in [-0.15, -0.1) is 15.0 Å². The van der Waals surface area contributed by atoms with Crippen molar-refractivity contribution in [2.45, 2.75) is 19.8 Å². The Kier molecular flexibility index (Phi) is 4.87. The Morgan fingerprint density at radius 3 is 2.36 bits per heavy atom. The Bertz CT molecular complexity index is 1130. The number of fused-ring (bicyclic) bond motifs is 1. The van der Waals surface area contributed by atoms with E-state index in [0.717, 1.165) is 0 Å². The zero-order valence-corrected chi connectivity index (χ0v) is 17.1. The molecule has 3 aromatic rings. The maximum absolute atomic E-state index is 9.80. The first-order chi connectivity index (χ1) is 13.3. The quantitative estimate of drug-likeness (QED) is 0.595. The molecule has 142 valence electrons. The van der Waals surface area contributed by atoms with Gasteiger partial charge in [0.25, 0.3) is 0 Å². The van der Waals surface area contributed by atoms with Crippen molar-refractivity contribution in [2.75, 3.05) is 0 Å². The van der Waals surface area contributed by atoms with Gasteiger partial charge in [-0.05, 0) is 18.2 Å². The molecule has 9 heteroatoms. The molecule has 0 aliphatic carbocycles. The zero-order chi connectivity index (χ0) is 20.0. The first-order valence-electron chi connectivity index (χ1n) is 8.43. The summed E-state index contributed by atoms with van der Waals surface area (Å²) in [4.78, 5) is 10.7. The molecule has 0 fully saturated rings. The van der Waals surface area contributed by atoms with Crippen molar-refractivity contribution in [1.29, 1.82) is 0 Å². The third-order valence-electron chi connectivity index (χ3n) is 4.13. The molecule has 0 atom stereocenters. The average Bonchev–Trinajstić information content (AvgIpc) is 3.20. The maximum Gasteiger partial charge on any atom is 0.204 e. The molecule has 0 radical (unpaired) electrons. The van der Waals surface area contributed by atoms with Crippen LogP contribution in [0.15, 0.2) is 46.5 Å². The fourth-order valence-electron chi connectivity index (χ4n) is 2.71. The molecule has 1 aromatic heterocycles. The molecule has 1 aliphatic rings. The molecule has 28 heavy (non-hydrogen) atoms. The molecule has 0 saturated carbocycles. The van der Waals surface area contributed by atoms with Crippen LogP contribution in [0.4, 0.5) is 5.69 Å². The molecule has 4 rings (SSSR count). The largest absolute Gasteiger partial charge is 0.505 e. The highest BCUT2D eigenvalue weighted by Crippen LogP contribution is 2.36. The lowest BCUT2D eigenvalue weighted by Gasteiger charge is -2.06. The fraction of sp³-hybridized carbons (Fsp3) is 0.158. The zero-order valence-electron chi connectivity index (χ0n) is 14.9. The predicted molar refractivity (Wildman–Crippen MR) is 112 cm³/mol. The van der Waals surface area contributed by atoms with Crippen LogP contribution in [0.25, 0.3) is 0 Å². The molecule has 0 unspecified atom stereocenters. The molecule has 2 aromatic carbocycles. The molecule has 2 heterocycles. The van der Waals surface area contributed by atoms with Crippen molar-refractivity contribution in [1.82, 2.24) is 14.9 Å². The van der Waals surface area contributed by atoms with Crippen LogP contribution >= 0.6 is 34.8 Å². The van der Waals surface area contributed by atoms with Gasteiger partial charge >= 0.3 is 0 Å². The topological polar surface area (TPSA) is 75.7 Å². The summed E-state index contributed by atoms with van der Waals surface area (Å²) in [6.07, 6.45) is 0. The fourth-order valence-corrected chi connectivity index (χ4v) is 3.41. The summed E-state index contributed by atoms with van der Waals surface area (Å²) in [6, 6.07) is 10.4. The second kappa shape index (κ2) is 7.20. The van der Waals surface area contributed by atoms with Gasteiger partial charge in [0, 0.05) is 11.5 Å².